The van der Waals surface area contributed by atoms with Crippen molar-refractivity contribution in [1.82, 2.24) is 20.6 Å². The van der Waals surface area contributed by atoms with Crippen LogP contribution in [0.4, 0.5) is 18.0 Å². The molecule has 0 radical (unpaired) electrons. The number of benzene rings is 1. The second-order valence-corrected chi connectivity index (χ2v) is 6.30. The number of hydrogen-bond donors (Lipinski definition) is 2. The van der Waals surface area contributed by atoms with Crippen LogP contribution in [0.2, 0.25) is 0 Å². The number of amides is 3. The van der Waals surface area contributed by atoms with Gasteiger partial charge in [0.1, 0.15) is 5.03 Å². The molecule has 0 bridgehead atoms. The van der Waals surface area contributed by atoms with Crippen molar-refractivity contribution >= 4 is 34.6 Å². The number of fused-ring (bicyclic) bond motifs is 1. The first-order valence-corrected chi connectivity index (χ1v) is 8.22. The molecule has 0 aliphatic heterocycles. The summed E-state index contributed by atoms with van der Waals surface area (Å²) in [4.78, 5) is 30.2. The molecular formula is C15H15F3N4O2S. The van der Waals surface area contributed by atoms with Crippen LogP contribution in [0.5, 0.6) is 0 Å². The highest BCUT2D eigenvalue weighted by Gasteiger charge is 2.35. The van der Waals surface area contributed by atoms with E-state index in [1.165, 1.54) is 6.07 Å². The third kappa shape index (κ3) is 5.31. The first-order valence-electron chi connectivity index (χ1n) is 7.24. The summed E-state index contributed by atoms with van der Waals surface area (Å²) in [5.41, 5.74) is 0.130. The van der Waals surface area contributed by atoms with Crippen LogP contribution in [0.3, 0.4) is 0 Å². The average Bonchev–Trinajstić information content (AvgIpc) is 2.50. The summed E-state index contributed by atoms with van der Waals surface area (Å²) in [7, 11) is 0. The van der Waals surface area contributed by atoms with E-state index in [0.29, 0.717) is 5.39 Å². The fourth-order valence-electron chi connectivity index (χ4n) is 1.88. The van der Waals surface area contributed by atoms with Crippen LogP contribution in [0.25, 0.3) is 10.9 Å². The van der Waals surface area contributed by atoms with Crippen molar-refractivity contribution in [3.05, 3.63) is 30.1 Å². The van der Waals surface area contributed by atoms with Crippen LogP contribution in [0.1, 0.15) is 19.7 Å². The van der Waals surface area contributed by atoms with Crippen molar-refractivity contribution in [2.75, 3.05) is 5.75 Å². The monoisotopic (exact) mass is 372 g/mol. The number of hydrogen-bond acceptors (Lipinski definition) is 5. The fraction of sp³-hybridized carbons (Fsp3) is 0.333. The van der Waals surface area contributed by atoms with Gasteiger partial charge in [0, 0.05) is 11.4 Å². The molecule has 0 spiro atoms. The minimum Gasteiger partial charge on any atom is -0.336 e. The molecule has 1 aromatic heterocycles. The molecule has 134 valence electrons. The van der Waals surface area contributed by atoms with Gasteiger partial charge in [-0.15, -0.1) is 0 Å². The Balaban J connectivity index is 2.17. The van der Waals surface area contributed by atoms with Gasteiger partial charge in [0.05, 0.1) is 11.3 Å². The summed E-state index contributed by atoms with van der Waals surface area (Å²) in [6.07, 6.45) is -4.70. The second kappa shape index (κ2) is 7.68. The number of nitrogens with one attached hydrogen (secondary N) is 2. The number of para-hydroxylation sites is 1. The predicted molar refractivity (Wildman–Crippen MR) is 87.1 cm³/mol. The maximum atomic E-state index is 12.9. The molecule has 0 aliphatic rings. The zero-order valence-electron chi connectivity index (χ0n) is 13.3. The predicted octanol–water partition coefficient (Wildman–Crippen LogP) is 2.97. The molecule has 6 nitrogen and oxygen atoms in total. The standard InChI is InChI=1S/C15H15F3N4O2S/c1-8(2)19-14(24)21-11(23)7-25-12-9-5-3-4-6-10(9)20-13(22-12)15(16,17)18/h3-6,8H,7H2,1-2H3,(H2,19,21,23,24). The van der Waals surface area contributed by atoms with E-state index < -0.39 is 23.9 Å². The number of urea groups is 1. The maximum absolute atomic E-state index is 12.9. The molecule has 3 amide bonds. The van der Waals surface area contributed by atoms with Crippen molar-refractivity contribution in [3.8, 4) is 0 Å². The molecule has 0 atom stereocenters. The zero-order chi connectivity index (χ0) is 18.6. The Morgan fingerprint density at radius 2 is 1.88 bits per heavy atom. The van der Waals surface area contributed by atoms with Crippen molar-refractivity contribution in [1.29, 1.82) is 0 Å². The van der Waals surface area contributed by atoms with Crippen LogP contribution >= 0.6 is 11.8 Å². The van der Waals surface area contributed by atoms with E-state index in [4.69, 9.17) is 0 Å². The molecule has 2 rings (SSSR count). The van der Waals surface area contributed by atoms with Crippen LogP contribution in [-0.4, -0.2) is 33.7 Å². The number of imide groups is 1. The minimum absolute atomic E-state index is 0.0253. The number of rotatable bonds is 4. The van der Waals surface area contributed by atoms with Crippen molar-refractivity contribution in [2.45, 2.75) is 31.1 Å². The molecule has 0 fully saturated rings. The lowest BCUT2D eigenvalue weighted by Crippen LogP contribution is -2.43. The number of nitrogens with zero attached hydrogens (tertiary/aromatic N) is 2. The zero-order valence-corrected chi connectivity index (χ0v) is 14.2. The van der Waals surface area contributed by atoms with Gasteiger partial charge in [0.25, 0.3) is 0 Å². The van der Waals surface area contributed by atoms with E-state index in [1.807, 2.05) is 0 Å². The molecule has 2 N–H and O–H groups in total. The maximum Gasteiger partial charge on any atom is 0.451 e. The van der Waals surface area contributed by atoms with Crippen LogP contribution < -0.4 is 10.6 Å². The summed E-state index contributed by atoms with van der Waals surface area (Å²) in [5, 5.41) is 5.00. The van der Waals surface area contributed by atoms with E-state index in [2.05, 4.69) is 20.6 Å². The molecule has 0 saturated heterocycles. The third-order valence-electron chi connectivity index (χ3n) is 2.83. The van der Waals surface area contributed by atoms with Crippen LogP contribution in [0, 0.1) is 0 Å². The summed E-state index contributed by atoms with van der Waals surface area (Å²) < 4.78 is 38.8. The van der Waals surface area contributed by atoms with Gasteiger partial charge < -0.3 is 5.32 Å². The van der Waals surface area contributed by atoms with Crippen molar-refractivity contribution in [3.63, 3.8) is 0 Å². The molecule has 0 aliphatic carbocycles. The quantitative estimate of drug-likeness (QED) is 0.637. The number of carbonyl (C=O) groups is 2. The fourth-order valence-corrected chi connectivity index (χ4v) is 2.70. The Morgan fingerprint density at radius 1 is 1.20 bits per heavy atom. The topological polar surface area (TPSA) is 84.0 Å². The SMILES string of the molecule is CC(C)NC(=O)NC(=O)CSc1nc(C(F)(F)F)nc2ccccc12. The normalized spacial score (nSPS) is 11.6. The number of alkyl halides is 3. The van der Waals surface area contributed by atoms with Gasteiger partial charge in [-0.05, 0) is 19.9 Å². The van der Waals surface area contributed by atoms with Gasteiger partial charge in [0.2, 0.25) is 11.7 Å². The number of aromatic nitrogens is 2. The summed E-state index contributed by atoms with van der Waals surface area (Å²) >= 11 is 0.806. The number of thioether (sulfide) groups is 1. The van der Waals surface area contributed by atoms with E-state index in [1.54, 1.807) is 32.0 Å². The highest BCUT2D eigenvalue weighted by molar-refractivity contribution is 8.00. The molecule has 0 unspecified atom stereocenters. The van der Waals surface area contributed by atoms with Gasteiger partial charge >= 0.3 is 12.2 Å². The molecule has 10 heteroatoms. The van der Waals surface area contributed by atoms with Crippen LogP contribution in [-0.2, 0) is 11.0 Å². The summed E-state index contributed by atoms with van der Waals surface area (Å²) in [5.74, 6) is -2.17. The van der Waals surface area contributed by atoms with Gasteiger partial charge in [-0.1, -0.05) is 30.0 Å². The molecule has 2 aromatic rings. The summed E-state index contributed by atoms with van der Waals surface area (Å²) in [6.45, 7) is 3.45. The Bertz CT molecular complexity index is 796. The first kappa shape index (κ1) is 19.0. The van der Waals surface area contributed by atoms with Crippen LogP contribution in [0.15, 0.2) is 29.3 Å². The lowest BCUT2D eigenvalue weighted by molar-refractivity contribution is -0.145. The molecular weight excluding hydrogens is 357 g/mol. The molecule has 1 heterocycles. The Kier molecular flexibility index (Phi) is 5.83. The van der Waals surface area contributed by atoms with Gasteiger partial charge in [0.15, 0.2) is 0 Å². The van der Waals surface area contributed by atoms with Crippen molar-refractivity contribution in [2.24, 2.45) is 0 Å². The number of halogens is 3. The van der Waals surface area contributed by atoms with Gasteiger partial charge in [-0.3, -0.25) is 10.1 Å². The van der Waals surface area contributed by atoms with Gasteiger partial charge in [-0.25, -0.2) is 14.8 Å². The molecule has 1 aromatic carbocycles. The molecule has 25 heavy (non-hydrogen) atoms. The smallest absolute Gasteiger partial charge is 0.336 e. The number of carbonyl (C=O) groups excluding carboxylic acids is 2. The minimum atomic E-state index is -4.70. The molecule has 0 saturated carbocycles. The lowest BCUT2D eigenvalue weighted by atomic mass is 10.2. The Morgan fingerprint density at radius 3 is 2.52 bits per heavy atom. The largest absolute Gasteiger partial charge is 0.451 e. The lowest BCUT2D eigenvalue weighted by Gasteiger charge is -2.11. The van der Waals surface area contributed by atoms with E-state index in [9.17, 15) is 22.8 Å². The van der Waals surface area contributed by atoms with Crippen molar-refractivity contribution < 1.29 is 22.8 Å². The average molecular weight is 372 g/mol. The Labute approximate surface area is 145 Å². The summed E-state index contributed by atoms with van der Waals surface area (Å²) in [6, 6.07) is 5.39. The van der Waals surface area contributed by atoms with E-state index >= 15 is 0 Å². The van der Waals surface area contributed by atoms with Gasteiger partial charge in [-0.2, -0.15) is 13.2 Å². The highest BCUT2D eigenvalue weighted by Crippen LogP contribution is 2.31. The highest BCUT2D eigenvalue weighted by atomic mass is 32.2. The first-order chi connectivity index (χ1) is 11.7. The second-order valence-electron chi connectivity index (χ2n) is 5.33. The third-order valence-corrected chi connectivity index (χ3v) is 3.83. The Hall–Kier alpha value is -2.36. The van der Waals surface area contributed by atoms with E-state index in [0.717, 1.165) is 11.8 Å². The van der Waals surface area contributed by atoms with E-state index in [-0.39, 0.29) is 22.3 Å².